The van der Waals surface area contributed by atoms with Gasteiger partial charge in [0.15, 0.2) is 5.65 Å². The SMILES string of the molecule is COc1ccc(-c2nc3cc(-c4ccc5ccccc5c4)cnc3n2C2CCNCC2)cc1. The first-order chi connectivity index (χ1) is 16.3. The zero-order valence-corrected chi connectivity index (χ0v) is 18.7. The van der Waals surface area contributed by atoms with Crippen LogP contribution in [0.5, 0.6) is 5.75 Å². The van der Waals surface area contributed by atoms with Crippen molar-refractivity contribution in [3.05, 3.63) is 79.0 Å². The molecule has 33 heavy (non-hydrogen) atoms. The van der Waals surface area contributed by atoms with Crippen molar-refractivity contribution in [2.75, 3.05) is 20.2 Å². The van der Waals surface area contributed by atoms with Gasteiger partial charge in [-0.2, -0.15) is 0 Å². The summed E-state index contributed by atoms with van der Waals surface area (Å²) in [7, 11) is 1.69. The minimum Gasteiger partial charge on any atom is -0.497 e. The maximum absolute atomic E-state index is 5.36. The van der Waals surface area contributed by atoms with E-state index >= 15 is 0 Å². The molecule has 0 amide bonds. The van der Waals surface area contributed by atoms with Crippen LogP contribution in [-0.2, 0) is 0 Å². The van der Waals surface area contributed by atoms with Gasteiger partial charge in [0, 0.05) is 23.4 Å². The average molecular weight is 435 g/mol. The van der Waals surface area contributed by atoms with Gasteiger partial charge in [0.1, 0.15) is 17.1 Å². The van der Waals surface area contributed by atoms with Crippen LogP contribution in [-0.4, -0.2) is 34.7 Å². The smallest absolute Gasteiger partial charge is 0.160 e. The second-order valence-electron chi connectivity index (χ2n) is 8.64. The van der Waals surface area contributed by atoms with Crippen molar-refractivity contribution in [1.29, 1.82) is 0 Å². The predicted molar refractivity (Wildman–Crippen MR) is 134 cm³/mol. The molecule has 0 radical (unpaired) electrons. The lowest BCUT2D eigenvalue weighted by Gasteiger charge is -2.26. The first-order valence-electron chi connectivity index (χ1n) is 11.5. The van der Waals surface area contributed by atoms with E-state index in [1.165, 1.54) is 10.8 Å². The van der Waals surface area contributed by atoms with Crippen molar-refractivity contribution < 1.29 is 4.74 Å². The zero-order chi connectivity index (χ0) is 22.2. The molecule has 6 rings (SSSR count). The highest BCUT2D eigenvalue weighted by atomic mass is 16.5. The number of rotatable bonds is 4. The zero-order valence-electron chi connectivity index (χ0n) is 18.7. The summed E-state index contributed by atoms with van der Waals surface area (Å²) in [5.41, 5.74) is 5.22. The molecule has 1 saturated heterocycles. The lowest BCUT2D eigenvalue weighted by atomic mass is 10.0. The number of piperidine rings is 1. The lowest BCUT2D eigenvalue weighted by Crippen LogP contribution is -2.29. The number of methoxy groups -OCH3 is 1. The Bertz CT molecular complexity index is 1430. The Morgan fingerprint density at radius 2 is 1.61 bits per heavy atom. The van der Waals surface area contributed by atoms with Crippen molar-refractivity contribution in [2.45, 2.75) is 18.9 Å². The second-order valence-corrected chi connectivity index (χ2v) is 8.64. The Hall–Kier alpha value is -3.70. The minimum atomic E-state index is 0.382. The fourth-order valence-corrected chi connectivity index (χ4v) is 4.86. The molecule has 0 bridgehead atoms. The van der Waals surface area contributed by atoms with Crippen LogP contribution in [0.1, 0.15) is 18.9 Å². The summed E-state index contributed by atoms with van der Waals surface area (Å²) in [6.45, 7) is 2.03. The standard InChI is InChI=1S/C28H26N4O/c1-33-25-10-8-20(9-11-25)27-31-26-17-23(22-7-6-19-4-2-3-5-21(19)16-22)18-30-28(26)32(27)24-12-14-29-15-13-24/h2-11,16-18,24,29H,12-15H2,1H3. The number of ether oxygens (including phenoxy) is 1. The van der Waals surface area contributed by atoms with E-state index < -0.39 is 0 Å². The van der Waals surface area contributed by atoms with Gasteiger partial charge >= 0.3 is 0 Å². The molecule has 164 valence electrons. The van der Waals surface area contributed by atoms with Crippen LogP contribution < -0.4 is 10.1 Å². The van der Waals surface area contributed by atoms with E-state index in [4.69, 9.17) is 14.7 Å². The Morgan fingerprint density at radius 1 is 0.848 bits per heavy atom. The summed E-state index contributed by atoms with van der Waals surface area (Å²) in [6, 6.07) is 25.7. The van der Waals surface area contributed by atoms with E-state index in [0.717, 1.165) is 65.4 Å². The summed E-state index contributed by atoms with van der Waals surface area (Å²) < 4.78 is 7.71. The van der Waals surface area contributed by atoms with Crippen molar-refractivity contribution in [2.24, 2.45) is 0 Å². The third-order valence-corrected chi connectivity index (χ3v) is 6.63. The third-order valence-electron chi connectivity index (χ3n) is 6.63. The lowest BCUT2D eigenvalue weighted by molar-refractivity contribution is 0.376. The molecule has 2 aromatic heterocycles. The molecule has 1 aliphatic rings. The van der Waals surface area contributed by atoms with Crippen LogP contribution in [0.3, 0.4) is 0 Å². The highest BCUT2D eigenvalue weighted by molar-refractivity contribution is 5.89. The summed E-state index contributed by atoms with van der Waals surface area (Å²) >= 11 is 0. The molecular formula is C28H26N4O. The molecule has 3 aromatic carbocycles. The van der Waals surface area contributed by atoms with Gasteiger partial charge in [0.05, 0.1) is 7.11 Å². The van der Waals surface area contributed by atoms with Crippen LogP contribution in [0.4, 0.5) is 0 Å². The van der Waals surface area contributed by atoms with E-state index in [2.05, 4.69) is 70.5 Å². The summed E-state index contributed by atoms with van der Waals surface area (Å²) in [5.74, 6) is 1.82. The maximum Gasteiger partial charge on any atom is 0.160 e. The molecule has 0 atom stereocenters. The second kappa shape index (κ2) is 8.34. The van der Waals surface area contributed by atoms with Gasteiger partial charge in [-0.25, -0.2) is 9.97 Å². The van der Waals surface area contributed by atoms with Crippen molar-refractivity contribution in [1.82, 2.24) is 19.9 Å². The number of nitrogens with one attached hydrogen (secondary N) is 1. The number of fused-ring (bicyclic) bond motifs is 2. The Labute approximate surface area is 193 Å². The van der Waals surface area contributed by atoms with Crippen molar-refractivity contribution in [3.8, 4) is 28.3 Å². The highest BCUT2D eigenvalue weighted by Crippen LogP contribution is 2.34. The number of hydrogen-bond acceptors (Lipinski definition) is 4. The number of pyridine rings is 1. The first kappa shape index (κ1) is 19.9. The van der Waals surface area contributed by atoms with Gasteiger partial charge in [-0.15, -0.1) is 0 Å². The normalized spacial score (nSPS) is 14.7. The molecule has 5 aromatic rings. The Balaban J connectivity index is 1.49. The number of benzene rings is 3. The van der Waals surface area contributed by atoms with E-state index in [1.54, 1.807) is 7.11 Å². The van der Waals surface area contributed by atoms with E-state index in [0.29, 0.717) is 6.04 Å². The third kappa shape index (κ3) is 3.64. The summed E-state index contributed by atoms with van der Waals surface area (Å²) in [4.78, 5) is 10.0. The number of imidazole rings is 1. The molecule has 5 nitrogen and oxygen atoms in total. The molecule has 0 unspecified atom stereocenters. The number of nitrogens with zero attached hydrogens (tertiary/aromatic N) is 3. The van der Waals surface area contributed by atoms with E-state index in [-0.39, 0.29) is 0 Å². The van der Waals surface area contributed by atoms with Gasteiger partial charge < -0.3 is 14.6 Å². The molecule has 3 heterocycles. The summed E-state index contributed by atoms with van der Waals surface area (Å²) in [6.07, 6.45) is 4.13. The molecule has 1 N–H and O–H groups in total. The first-order valence-corrected chi connectivity index (χ1v) is 11.5. The van der Waals surface area contributed by atoms with Crippen LogP contribution in [0.15, 0.2) is 79.0 Å². The van der Waals surface area contributed by atoms with Crippen molar-refractivity contribution >= 4 is 21.9 Å². The minimum absolute atomic E-state index is 0.382. The molecule has 0 saturated carbocycles. The highest BCUT2D eigenvalue weighted by Gasteiger charge is 2.23. The molecule has 0 aliphatic carbocycles. The average Bonchev–Trinajstić information content (AvgIpc) is 3.28. The fourth-order valence-electron chi connectivity index (χ4n) is 4.86. The fraction of sp³-hybridized carbons (Fsp3) is 0.214. The van der Waals surface area contributed by atoms with Crippen molar-refractivity contribution in [3.63, 3.8) is 0 Å². The predicted octanol–water partition coefficient (Wildman–Crippen LogP) is 5.85. The van der Waals surface area contributed by atoms with Crippen LogP contribution in [0.25, 0.3) is 44.5 Å². The topological polar surface area (TPSA) is 52.0 Å². The number of aromatic nitrogens is 3. The number of hydrogen-bond donors (Lipinski definition) is 1. The van der Waals surface area contributed by atoms with E-state index in [9.17, 15) is 0 Å². The van der Waals surface area contributed by atoms with Gasteiger partial charge in [-0.05, 0) is 78.7 Å². The van der Waals surface area contributed by atoms with Crippen LogP contribution in [0, 0.1) is 0 Å². The quantitative estimate of drug-likeness (QED) is 0.385. The van der Waals surface area contributed by atoms with Gasteiger partial charge in [-0.1, -0.05) is 36.4 Å². The molecule has 0 spiro atoms. The monoisotopic (exact) mass is 434 g/mol. The maximum atomic E-state index is 5.36. The molecule has 1 fully saturated rings. The molecule has 1 aliphatic heterocycles. The van der Waals surface area contributed by atoms with Gasteiger partial charge in [0.2, 0.25) is 0 Å². The van der Waals surface area contributed by atoms with Crippen LogP contribution in [0.2, 0.25) is 0 Å². The molecular weight excluding hydrogens is 408 g/mol. The summed E-state index contributed by atoms with van der Waals surface area (Å²) in [5, 5.41) is 5.95. The Kier molecular flexibility index (Phi) is 5.04. The largest absolute Gasteiger partial charge is 0.497 e. The van der Waals surface area contributed by atoms with E-state index in [1.807, 2.05) is 18.3 Å². The van der Waals surface area contributed by atoms with Gasteiger partial charge in [0.25, 0.3) is 0 Å². The van der Waals surface area contributed by atoms with Gasteiger partial charge in [-0.3, -0.25) is 0 Å². The molecule has 5 heteroatoms. The Morgan fingerprint density at radius 3 is 2.39 bits per heavy atom. The van der Waals surface area contributed by atoms with Crippen LogP contribution >= 0.6 is 0 Å².